The fourth-order valence-corrected chi connectivity index (χ4v) is 12.2. The van der Waals surface area contributed by atoms with Gasteiger partial charge in [-0.25, -0.2) is 59.8 Å². The molecule has 18 rings (SSSR count). The molecular formula is C68H32Cl2CuN16O6. The zero-order valence-electron chi connectivity index (χ0n) is 47.0. The normalized spacial score (nSPS) is 11.4. The molecule has 5 radical (unpaired) electrons. The first-order chi connectivity index (χ1) is 45.0. The number of H-pyrrole nitrogens is 4. The largest absolute Gasteiger partial charge is 2.00 e. The predicted molar refractivity (Wildman–Crippen MR) is 342 cm³/mol. The number of carboxylic acids is 2. The fourth-order valence-electron chi connectivity index (χ4n) is 11.8. The van der Waals surface area contributed by atoms with Crippen molar-refractivity contribution in [3.05, 3.63) is 191 Å². The molecule has 0 amide bonds. The van der Waals surface area contributed by atoms with Crippen LogP contribution in [0.15, 0.2) is 170 Å². The van der Waals surface area contributed by atoms with Crippen LogP contribution in [0.25, 0.3) is 179 Å². The van der Waals surface area contributed by atoms with Crippen LogP contribution in [0, 0.1) is 0 Å². The van der Waals surface area contributed by atoms with E-state index in [-0.39, 0.29) is 49.5 Å². The van der Waals surface area contributed by atoms with E-state index in [0.717, 1.165) is 66.1 Å². The van der Waals surface area contributed by atoms with E-state index in [1.54, 1.807) is 12.1 Å². The SMILES string of the molecule is O=C([O-])c1cc(Cl)cc2c3nc4nc(nc5[nH]c(nc6nc(nc([nH]3)c12)-c1ccccc1-6)c1ccccc51)-c1ccccc1-4.O=C([O-])c1cc(Cl)cc2c3nc4nc(nc5[nH]c(nc6nc(nc([nH]3)c12)-c1ccccc1-6)c1ccccc51)-c1ccccc1-4.[C]=O.[C]=O.[Cu+2]. The van der Waals surface area contributed by atoms with Crippen molar-refractivity contribution in [2.45, 2.75) is 0 Å². The minimum atomic E-state index is -1.39. The molecule has 8 aromatic carbocycles. The zero-order chi connectivity index (χ0) is 63.1. The number of halogens is 2. The van der Waals surface area contributed by atoms with Crippen molar-refractivity contribution in [1.82, 2.24) is 79.7 Å². The molecule has 4 aliphatic rings. The number of aromatic amines is 4. The number of aromatic nitrogens is 16. The summed E-state index contributed by atoms with van der Waals surface area (Å²) in [5, 5.41) is 30.1. The molecule has 25 heteroatoms. The van der Waals surface area contributed by atoms with Crippen LogP contribution >= 0.6 is 23.2 Å². The number of hydrogen-bond donors (Lipinski definition) is 4. The molecule has 0 unspecified atom stereocenters. The molecule has 14 aromatic rings. The van der Waals surface area contributed by atoms with Gasteiger partial charge in [0, 0.05) is 109 Å². The Kier molecular flexibility index (Phi) is 14.7. The number of carbonyl (C=O) groups is 2. The quantitative estimate of drug-likeness (QED) is 0.117. The van der Waals surface area contributed by atoms with Crippen LogP contribution in [0.2, 0.25) is 10.0 Å². The zero-order valence-corrected chi connectivity index (χ0v) is 49.5. The van der Waals surface area contributed by atoms with Gasteiger partial charge in [0.15, 0.2) is 46.6 Å². The third-order valence-electron chi connectivity index (χ3n) is 15.7. The Morgan fingerprint density at radius 2 is 0.484 bits per heavy atom. The molecule has 10 heterocycles. The molecule has 0 saturated heterocycles. The van der Waals surface area contributed by atoms with Gasteiger partial charge < -0.3 is 39.7 Å². The number of aromatic carboxylic acids is 2. The summed E-state index contributed by atoms with van der Waals surface area (Å²) in [7, 11) is 0. The summed E-state index contributed by atoms with van der Waals surface area (Å²) in [5.74, 6) is 0.577. The van der Waals surface area contributed by atoms with E-state index < -0.39 is 11.9 Å². The van der Waals surface area contributed by atoms with Crippen molar-refractivity contribution in [2.24, 2.45) is 0 Å². The van der Waals surface area contributed by atoms with Gasteiger partial charge in [0.1, 0.15) is 45.2 Å². The van der Waals surface area contributed by atoms with Crippen LogP contribution in [0.4, 0.5) is 0 Å². The minimum Gasteiger partial charge on any atom is -0.545 e. The van der Waals surface area contributed by atoms with Crippen molar-refractivity contribution in [2.75, 3.05) is 0 Å². The van der Waals surface area contributed by atoms with Crippen LogP contribution in [-0.4, -0.2) is 105 Å². The average Bonchev–Trinajstić information content (AvgIpc) is 1.71. The van der Waals surface area contributed by atoms with Gasteiger partial charge in [-0.3, -0.25) is 9.59 Å². The Balaban J connectivity index is 0.000000152. The molecule has 4 aliphatic heterocycles. The van der Waals surface area contributed by atoms with E-state index in [1.807, 2.05) is 146 Å². The van der Waals surface area contributed by atoms with Crippen LogP contribution in [0.1, 0.15) is 20.7 Å². The molecule has 0 aliphatic carbocycles. The summed E-state index contributed by atoms with van der Waals surface area (Å²) in [6.45, 7) is 9.00. The number of hydrogen-bond acceptors (Lipinski definition) is 18. The van der Waals surface area contributed by atoms with Gasteiger partial charge in [0.2, 0.25) is 0 Å². The van der Waals surface area contributed by atoms with Gasteiger partial charge in [-0.2, -0.15) is 0 Å². The Labute approximate surface area is 542 Å². The summed E-state index contributed by atoms with van der Waals surface area (Å²) >= 11 is 12.8. The number of carbonyl (C=O) groups excluding carboxylic acids is 4. The first kappa shape index (κ1) is 58.5. The molecule has 0 atom stereocenters. The molecular weight excluding hydrogens is 1270 g/mol. The maximum absolute atomic E-state index is 12.3. The van der Waals surface area contributed by atoms with E-state index in [0.29, 0.717) is 102 Å². The van der Waals surface area contributed by atoms with Gasteiger partial charge >= 0.3 is 17.1 Å². The van der Waals surface area contributed by atoms with Gasteiger partial charge in [-0.15, -0.1) is 0 Å². The number of nitrogens with zero attached hydrogens (tertiary/aromatic N) is 12. The number of benzene rings is 8. The van der Waals surface area contributed by atoms with Crippen molar-refractivity contribution >= 4 is 137 Å². The van der Waals surface area contributed by atoms with E-state index in [4.69, 9.17) is 92.6 Å². The number of nitrogens with one attached hydrogen (secondary N) is 4. The van der Waals surface area contributed by atoms with E-state index in [1.165, 1.54) is 12.1 Å². The molecule has 445 valence electrons. The third kappa shape index (κ3) is 9.84. The first-order valence-electron chi connectivity index (χ1n) is 27.7. The van der Waals surface area contributed by atoms with Gasteiger partial charge in [-0.05, 0) is 24.3 Å². The monoisotopic (exact) mass is 1300 g/mol. The summed E-state index contributed by atoms with van der Waals surface area (Å²) in [4.78, 5) is 111. The molecule has 0 saturated carbocycles. The van der Waals surface area contributed by atoms with E-state index in [2.05, 4.69) is 33.5 Å². The molecule has 22 nitrogen and oxygen atoms in total. The Morgan fingerprint density at radius 1 is 0.290 bits per heavy atom. The Hall–Kier alpha value is -12.1. The summed E-state index contributed by atoms with van der Waals surface area (Å²) in [6.07, 6.45) is 0. The van der Waals surface area contributed by atoms with E-state index >= 15 is 0 Å². The summed E-state index contributed by atoms with van der Waals surface area (Å²) in [6, 6.07) is 52.3. The van der Waals surface area contributed by atoms with Gasteiger partial charge in [-0.1, -0.05) is 169 Å². The van der Waals surface area contributed by atoms with Crippen molar-refractivity contribution in [1.29, 1.82) is 0 Å². The number of rotatable bonds is 2. The van der Waals surface area contributed by atoms with E-state index in [9.17, 15) is 19.8 Å². The standard InChI is InChI=1S/2C33H17ClN8O2.2CO.Cu/c2*34-15-13-22-24(23(14-15)33(43)44)32-41-30-21-12-6-5-11-20(21)28(39-30)37-26-17-8-2-1-7-16(17)25(35-26)36-27-18-9-3-4-10-19(18)29(38-27)40-31(22)42-32;2*1-2;/h2*1-14H,(H,43,44)(H2,35,36,37,38,39,40,41,42);;;/q;;;;+2/p-2. The number of fused-ring (bicyclic) bond motifs is 40. The molecule has 0 fully saturated rings. The second kappa shape index (κ2) is 23.3. The summed E-state index contributed by atoms with van der Waals surface area (Å²) < 4.78 is 0. The molecule has 0 spiro atoms. The second-order valence-electron chi connectivity index (χ2n) is 20.8. The maximum Gasteiger partial charge on any atom is 2.00 e. The third-order valence-corrected chi connectivity index (χ3v) is 16.1. The molecule has 4 N–H and O–H groups in total. The van der Waals surface area contributed by atoms with Crippen molar-refractivity contribution < 1.29 is 46.5 Å². The van der Waals surface area contributed by atoms with Crippen LogP contribution in [-0.2, 0) is 26.7 Å². The topological polar surface area (TPSA) is 332 Å². The fraction of sp³-hybridized carbons (Fsp3) is 0. The van der Waals surface area contributed by atoms with Crippen molar-refractivity contribution in [3.8, 4) is 91.1 Å². The van der Waals surface area contributed by atoms with Crippen molar-refractivity contribution in [3.63, 3.8) is 0 Å². The van der Waals surface area contributed by atoms with Crippen LogP contribution in [0.5, 0.6) is 0 Å². The Morgan fingerprint density at radius 3 is 0.710 bits per heavy atom. The second-order valence-corrected chi connectivity index (χ2v) is 21.7. The van der Waals surface area contributed by atoms with Crippen LogP contribution < -0.4 is 10.2 Å². The Bertz CT molecular complexity index is 5560. The smallest absolute Gasteiger partial charge is 0.545 e. The predicted octanol–water partition coefficient (Wildman–Crippen LogP) is 11.0. The maximum atomic E-state index is 12.3. The average molecular weight is 1300 g/mol. The van der Waals surface area contributed by atoms with Gasteiger partial charge in [0.25, 0.3) is 13.6 Å². The molecule has 6 aromatic heterocycles. The van der Waals surface area contributed by atoms with Gasteiger partial charge in [0.05, 0.1) is 11.9 Å². The number of carboxylic acid groups (broad SMARTS) is 2. The van der Waals surface area contributed by atoms with Crippen LogP contribution in [0.3, 0.4) is 0 Å². The summed E-state index contributed by atoms with van der Waals surface area (Å²) in [5.41, 5.74) is 9.47. The molecule has 93 heavy (non-hydrogen) atoms. The minimum absolute atomic E-state index is 0. The molecule has 16 bridgehead atoms. The first-order valence-corrected chi connectivity index (χ1v) is 28.5.